The van der Waals surface area contributed by atoms with Crippen LogP contribution in [0.15, 0.2) is 12.1 Å². The third-order valence-corrected chi connectivity index (χ3v) is 2.77. The maximum atomic E-state index is 9.22. The molecular weight excluding hydrogens is 234 g/mol. The van der Waals surface area contributed by atoms with Crippen molar-refractivity contribution in [3.8, 4) is 11.5 Å². The summed E-state index contributed by atoms with van der Waals surface area (Å²) >= 11 is 0. The van der Waals surface area contributed by atoms with Gasteiger partial charge in [-0.25, -0.2) is 0 Å². The first-order valence-corrected chi connectivity index (χ1v) is 5.87. The summed E-state index contributed by atoms with van der Waals surface area (Å²) in [6.07, 6.45) is 0.468. The number of rotatable bonds is 7. The van der Waals surface area contributed by atoms with Crippen LogP contribution in [0, 0.1) is 6.92 Å². The number of methoxy groups -OCH3 is 2. The lowest BCUT2D eigenvalue weighted by Crippen LogP contribution is -2.25. The van der Waals surface area contributed by atoms with E-state index in [4.69, 9.17) is 14.6 Å². The molecule has 0 radical (unpaired) electrons. The molecule has 0 bridgehead atoms. The van der Waals surface area contributed by atoms with Crippen LogP contribution in [-0.2, 0) is 0 Å². The minimum atomic E-state index is -0.212. The lowest BCUT2D eigenvalue weighted by atomic mass is 10.1. The molecule has 0 spiro atoms. The topological polar surface area (TPSA) is 71.0 Å². The molecule has 1 aromatic rings. The van der Waals surface area contributed by atoms with Crippen LogP contribution >= 0.6 is 0 Å². The highest BCUT2D eigenvalue weighted by Gasteiger charge is 2.12. The second-order valence-electron chi connectivity index (χ2n) is 4.06. The van der Waals surface area contributed by atoms with E-state index in [0.717, 1.165) is 17.0 Å². The molecule has 5 nitrogen and oxygen atoms in total. The number of aryl methyl sites for hydroxylation is 1. The molecule has 0 aliphatic heterocycles. The second-order valence-corrected chi connectivity index (χ2v) is 4.06. The van der Waals surface area contributed by atoms with Crippen molar-refractivity contribution in [3.63, 3.8) is 0 Å². The van der Waals surface area contributed by atoms with Gasteiger partial charge in [0.05, 0.1) is 32.6 Å². The predicted octanol–water partition coefficient (Wildman–Crippen LogP) is 1.17. The summed E-state index contributed by atoms with van der Waals surface area (Å²) in [4.78, 5) is 0. The van der Waals surface area contributed by atoms with Crippen molar-refractivity contribution in [2.24, 2.45) is 0 Å². The zero-order valence-electron chi connectivity index (χ0n) is 11.1. The highest BCUT2D eigenvalue weighted by Crippen LogP contribution is 2.32. The molecule has 0 fully saturated rings. The van der Waals surface area contributed by atoms with Gasteiger partial charge in [0.1, 0.15) is 11.5 Å². The smallest absolute Gasteiger partial charge is 0.142 e. The maximum absolute atomic E-state index is 9.22. The van der Waals surface area contributed by atoms with E-state index in [-0.39, 0.29) is 19.3 Å². The third-order valence-electron chi connectivity index (χ3n) is 2.77. The number of ether oxygens (including phenoxy) is 2. The average molecular weight is 255 g/mol. The number of benzene rings is 1. The largest absolute Gasteiger partial charge is 0.496 e. The first-order valence-electron chi connectivity index (χ1n) is 5.87. The van der Waals surface area contributed by atoms with E-state index in [9.17, 15) is 5.11 Å². The Morgan fingerprint density at radius 1 is 1.17 bits per heavy atom. The number of nitrogens with one attached hydrogen (secondary N) is 1. The summed E-state index contributed by atoms with van der Waals surface area (Å²) in [5, 5.41) is 21.3. The van der Waals surface area contributed by atoms with Gasteiger partial charge in [-0.2, -0.15) is 0 Å². The van der Waals surface area contributed by atoms with Crippen molar-refractivity contribution in [1.29, 1.82) is 0 Å². The van der Waals surface area contributed by atoms with Crippen LogP contribution < -0.4 is 14.8 Å². The van der Waals surface area contributed by atoms with Crippen LogP contribution in [0.5, 0.6) is 11.5 Å². The van der Waals surface area contributed by atoms with Gasteiger partial charge < -0.3 is 25.0 Å². The molecule has 18 heavy (non-hydrogen) atoms. The Hall–Kier alpha value is -1.46. The molecule has 5 heteroatoms. The Bertz CT molecular complexity index is 381. The summed E-state index contributed by atoms with van der Waals surface area (Å²) in [6.45, 7) is 1.89. The number of hydrogen-bond acceptors (Lipinski definition) is 5. The normalized spacial score (nSPS) is 12.1. The number of aliphatic hydroxyl groups is 2. The van der Waals surface area contributed by atoms with E-state index in [1.54, 1.807) is 14.2 Å². The summed E-state index contributed by atoms with van der Waals surface area (Å²) in [5.41, 5.74) is 1.72. The molecule has 0 amide bonds. The molecule has 3 N–H and O–H groups in total. The minimum absolute atomic E-state index is 0.0174. The number of anilines is 1. The Balaban J connectivity index is 2.98. The van der Waals surface area contributed by atoms with Gasteiger partial charge in [-0.1, -0.05) is 0 Å². The Morgan fingerprint density at radius 3 is 2.33 bits per heavy atom. The van der Waals surface area contributed by atoms with Gasteiger partial charge in [0.15, 0.2) is 0 Å². The Labute approximate surface area is 107 Å². The van der Waals surface area contributed by atoms with Gasteiger partial charge in [0.2, 0.25) is 0 Å². The van der Waals surface area contributed by atoms with Gasteiger partial charge in [0.25, 0.3) is 0 Å². The van der Waals surface area contributed by atoms with Gasteiger partial charge >= 0.3 is 0 Å². The fourth-order valence-electron chi connectivity index (χ4n) is 1.75. The standard InChI is InChI=1S/C13H21NO4/c1-9-6-13(18-3)11(7-12(9)17-2)14-10(8-16)4-5-15/h6-7,10,14-16H,4-5,8H2,1-3H3. The first-order chi connectivity index (χ1) is 8.65. The predicted molar refractivity (Wildman–Crippen MR) is 70.5 cm³/mol. The van der Waals surface area contributed by atoms with E-state index < -0.39 is 0 Å². The molecule has 102 valence electrons. The molecule has 0 saturated heterocycles. The monoisotopic (exact) mass is 255 g/mol. The quantitative estimate of drug-likeness (QED) is 0.682. The Morgan fingerprint density at radius 2 is 1.83 bits per heavy atom. The van der Waals surface area contributed by atoms with Gasteiger partial charge in [-0.05, 0) is 25.0 Å². The SMILES string of the molecule is COc1cc(NC(CO)CCO)c(OC)cc1C. The first kappa shape index (κ1) is 14.6. The molecule has 0 saturated carbocycles. The van der Waals surface area contributed by atoms with Gasteiger partial charge in [-0.15, -0.1) is 0 Å². The van der Waals surface area contributed by atoms with E-state index in [1.807, 2.05) is 19.1 Å². The van der Waals surface area contributed by atoms with Crippen LogP contribution in [-0.4, -0.2) is 43.7 Å². The van der Waals surface area contributed by atoms with E-state index in [2.05, 4.69) is 5.32 Å². The van der Waals surface area contributed by atoms with Crippen molar-refractivity contribution < 1.29 is 19.7 Å². The van der Waals surface area contributed by atoms with Crippen molar-refractivity contribution in [1.82, 2.24) is 0 Å². The summed E-state index contributed by atoms with van der Waals surface area (Å²) < 4.78 is 10.5. The number of hydrogen-bond donors (Lipinski definition) is 3. The van der Waals surface area contributed by atoms with Crippen LogP contribution in [0.25, 0.3) is 0 Å². The third kappa shape index (κ3) is 3.51. The van der Waals surface area contributed by atoms with E-state index in [0.29, 0.717) is 12.2 Å². The molecule has 1 aromatic carbocycles. The van der Waals surface area contributed by atoms with Crippen molar-refractivity contribution in [2.45, 2.75) is 19.4 Å². The molecule has 0 aliphatic carbocycles. The average Bonchev–Trinajstić information content (AvgIpc) is 2.39. The molecule has 1 atom stereocenters. The van der Waals surface area contributed by atoms with Crippen LogP contribution in [0.4, 0.5) is 5.69 Å². The molecule has 1 unspecified atom stereocenters. The molecule has 0 aromatic heterocycles. The highest BCUT2D eigenvalue weighted by molar-refractivity contribution is 5.62. The zero-order chi connectivity index (χ0) is 13.5. The fraction of sp³-hybridized carbons (Fsp3) is 0.538. The van der Waals surface area contributed by atoms with Gasteiger partial charge in [0, 0.05) is 12.7 Å². The van der Waals surface area contributed by atoms with Crippen molar-refractivity contribution in [3.05, 3.63) is 17.7 Å². The molecule has 0 heterocycles. The second kappa shape index (κ2) is 7.08. The maximum Gasteiger partial charge on any atom is 0.142 e. The van der Waals surface area contributed by atoms with Crippen LogP contribution in [0.2, 0.25) is 0 Å². The Kier molecular flexibility index (Phi) is 5.74. The van der Waals surface area contributed by atoms with E-state index in [1.165, 1.54) is 0 Å². The summed E-state index contributed by atoms with van der Waals surface area (Å²) in [5.74, 6) is 1.43. The molecular formula is C13H21NO4. The van der Waals surface area contributed by atoms with Crippen LogP contribution in [0.1, 0.15) is 12.0 Å². The molecule has 0 aliphatic rings. The van der Waals surface area contributed by atoms with Gasteiger partial charge in [-0.3, -0.25) is 0 Å². The lowest BCUT2D eigenvalue weighted by Gasteiger charge is -2.20. The minimum Gasteiger partial charge on any atom is -0.496 e. The van der Waals surface area contributed by atoms with Crippen LogP contribution in [0.3, 0.4) is 0 Å². The van der Waals surface area contributed by atoms with Crippen molar-refractivity contribution >= 4 is 5.69 Å². The van der Waals surface area contributed by atoms with Crippen molar-refractivity contribution in [2.75, 3.05) is 32.8 Å². The lowest BCUT2D eigenvalue weighted by molar-refractivity contribution is 0.228. The number of aliphatic hydroxyl groups excluding tert-OH is 2. The zero-order valence-corrected chi connectivity index (χ0v) is 11.1. The highest BCUT2D eigenvalue weighted by atomic mass is 16.5. The fourth-order valence-corrected chi connectivity index (χ4v) is 1.75. The van der Waals surface area contributed by atoms with E-state index >= 15 is 0 Å². The molecule has 1 rings (SSSR count). The summed E-state index contributed by atoms with van der Waals surface area (Å²) in [6, 6.07) is 3.49. The summed E-state index contributed by atoms with van der Waals surface area (Å²) in [7, 11) is 3.20.